The molecule has 1 nitrogen and oxygen atoms in total. The van der Waals surface area contributed by atoms with Gasteiger partial charge in [-0.25, -0.2) is 0 Å². The van der Waals surface area contributed by atoms with E-state index in [0.29, 0.717) is 16.7 Å². The fraction of sp³-hybridized carbons (Fsp3) is 1.00. The molecule has 0 N–H and O–H groups in total. The highest BCUT2D eigenvalue weighted by Crippen LogP contribution is 2.35. The van der Waals surface area contributed by atoms with Gasteiger partial charge in [-0.2, -0.15) is 12.6 Å². The summed E-state index contributed by atoms with van der Waals surface area (Å²) in [7, 11) is 0. The Kier molecular flexibility index (Phi) is 4.99. The molecule has 0 spiro atoms. The second-order valence-corrected chi connectivity index (χ2v) is 8.22. The standard InChI is InChI=1S/C15H31NS/c1-14(2,3)12-7-8-16(9-12)10-13(11-17)15(4,5)6/h12-13,17H,7-11H2,1-6H3. The van der Waals surface area contributed by atoms with E-state index in [9.17, 15) is 0 Å². The number of hydrogen-bond donors (Lipinski definition) is 1. The summed E-state index contributed by atoms with van der Waals surface area (Å²) < 4.78 is 0. The van der Waals surface area contributed by atoms with Crippen LogP contribution < -0.4 is 0 Å². The predicted octanol–water partition coefficient (Wildman–Crippen LogP) is 3.95. The quantitative estimate of drug-likeness (QED) is 0.749. The van der Waals surface area contributed by atoms with Crippen molar-refractivity contribution in [1.29, 1.82) is 0 Å². The van der Waals surface area contributed by atoms with Gasteiger partial charge in [0.15, 0.2) is 0 Å². The molecular formula is C15H31NS. The molecule has 1 aliphatic heterocycles. The molecule has 1 fully saturated rings. The summed E-state index contributed by atoms with van der Waals surface area (Å²) in [5, 5.41) is 0. The van der Waals surface area contributed by atoms with E-state index < -0.39 is 0 Å². The van der Waals surface area contributed by atoms with Crippen LogP contribution in [-0.4, -0.2) is 30.3 Å². The molecule has 17 heavy (non-hydrogen) atoms. The monoisotopic (exact) mass is 257 g/mol. The third kappa shape index (κ3) is 4.48. The van der Waals surface area contributed by atoms with Crippen LogP contribution in [-0.2, 0) is 0 Å². The molecule has 0 amide bonds. The van der Waals surface area contributed by atoms with Crippen molar-refractivity contribution >= 4 is 12.6 Å². The van der Waals surface area contributed by atoms with Crippen molar-refractivity contribution in [1.82, 2.24) is 4.90 Å². The fourth-order valence-electron chi connectivity index (χ4n) is 2.62. The van der Waals surface area contributed by atoms with Gasteiger partial charge in [0.25, 0.3) is 0 Å². The van der Waals surface area contributed by atoms with Crippen LogP contribution >= 0.6 is 12.6 Å². The Morgan fingerprint density at radius 3 is 2.12 bits per heavy atom. The zero-order chi connectivity index (χ0) is 13.3. The van der Waals surface area contributed by atoms with Crippen LogP contribution in [0.1, 0.15) is 48.0 Å². The van der Waals surface area contributed by atoms with Crippen molar-refractivity contribution in [3.05, 3.63) is 0 Å². The van der Waals surface area contributed by atoms with Crippen LogP contribution in [0.4, 0.5) is 0 Å². The summed E-state index contributed by atoms with van der Waals surface area (Å²) in [6, 6.07) is 0. The lowest BCUT2D eigenvalue weighted by Crippen LogP contribution is -2.36. The lowest BCUT2D eigenvalue weighted by atomic mass is 9.80. The molecule has 2 unspecified atom stereocenters. The Balaban J connectivity index is 2.50. The second-order valence-electron chi connectivity index (χ2n) is 7.86. The van der Waals surface area contributed by atoms with Gasteiger partial charge in [-0.05, 0) is 41.4 Å². The van der Waals surface area contributed by atoms with Crippen molar-refractivity contribution in [2.75, 3.05) is 25.4 Å². The summed E-state index contributed by atoms with van der Waals surface area (Å²) in [6.45, 7) is 17.9. The maximum Gasteiger partial charge on any atom is 0.00226 e. The largest absolute Gasteiger partial charge is 0.303 e. The van der Waals surface area contributed by atoms with E-state index in [-0.39, 0.29) is 0 Å². The lowest BCUT2D eigenvalue weighted by molar-refractivity contribution is 0.169. The summed E-state index contributed by atoms with van der Waals surface area (Å²) in [4.78, 5) is 2.65. The highest BCUT2D eigenvalue weighted by molar-refractivity contribution is 7.80. The first-order valence-electron chi connectivity index (χ1n) is 6.98. The van der Waals surface area contributed by atoms with Crippen molar-refractivity contribution in [3.8, 4) is 0 Å². The molecule has 0 aliphatic carbocycles. The van der Waals surface area contributed by atoms with Crippen LogP contribution in [0.25, 0.3) is 0 Å². The molecule has 0 saturated carbocycles. The normalized spacial score (nSPS) is 25.2. The van der Waals surface area contributed by atoms with Gasteiger partial charge in [-0.1, -0.05) is 41.5 Å². The van der Waals surface area contributed by atoms with Crippen molar-refractivity contribution in [2.45, 2.75) is 48.0 Å². The Morgan fingerprint density at radius 1 is 1.18 bits per heavy atom. The Hall–Kier alpha value is 0.310. The van der Waals surface area contributed by atoms with Gasteiger partial charge in [0, 0.05) is 13.1 Å². The number of nitrogens with zero attached hydrogens (tertiary/aromatic N) is 1. The topological polar surface area (TPSA) is 3.24 Å². The van der Waals surface area contributed by atoms with Gasteiger partial charge in [0.05, 0.1) is 0 Å². The van der Waals surface area contributed by atoms with Gasteiger partial charge in [-0.15, -0.1) is 0 Å². The smallest absolute Gasteiger partial charge is 0.00226 e. The third-order valence-corrected chi connectivity index (χ3v) is 4.86. The van der Waals surface area contributed by atoms with Gasteiger partial charge in [-0.3, -0.25) is 0 Å². The Bertz CT molecular complexity index is 236. The number of likely N-dealkylation sites (tertiary alicyclic amines) is 1. The molecule has 2 heteroatoms. The molecule has 1 rings (SSSR count). The molecule has 2 atom stereocenters. The molecule has 0 aromatic rings. The zero-order valence-electron chi connectivity index (χ0n) is 12.6. The summed E-state index contributed by atoms with van der Waals surface area (Å²) in [6.07, 6.45) is 1.37. The van der Waals surface area contributed by atoms with Crippen molar-refractivity contribution < 1.29 is 0 Å². The summed E-state index contributed by atoms with van der Waals surface area (Å²) >= 11 is 4.53. The molecule has 1 saturated heterocycles. The number of rotatable bonds is 3. The van der Waals surface area contributed by atoms with E-state index in [1.165, 1.54) is 26.1 Å². The highest BCUT2D eigenvalue weighted by atomic mass is 32.1. The predicted molar refractivity (Wildman–Crippen MR) is 80.8 cm³/mol. The molecule has 0 aromatic carbocycles. The minimum absolute atomic E-state index is 0.377. The molecular weight excluding hydrogens is 226 g/mol. The van der Waals surface area contributed by atoms with Crippen LogP contribution in [0, 0.1) is 22.7 Å². The third-order valence-electron chi connectivity index (χ3n) is 4.42. The molecule has 0 aromatic heterocycles. The fourth-order valence-corrected chi connectivity index (χ4v) is 3.29. The van der Waals surface area contributed by atoms with Crippen LogP contribution in [0.3, 0.4) is 0 Å². The minimum Gasteiger partial charge on any atom is -0.303 e. The number of hydrogen-bond acceptors (Lipinski definition) is 2. The van der Waals surface area contributed by atoms with Gasteiger partial charge >= 0.3 is 0 Å². The average molecular weight is 257 g/mol. The van der Waals surface area contributed by atoms with Crippen molar-refractivity contribution in [2.24, 2.45) is 22.7 Å². The zero-order valence-corrected chi connectivity index (χ0v) is 13.5. The van der Waals surface area contributed by atoms with E-state index >= 15 is 0 Å². The summed E-state index contributed by atoms with van der Waals surface area (Å²) in [5.74, 6) is 2.56. The first-order valence-corrected chi connectivity index (χ1v) is 7.61. The van der Waals surface area contributed by atoms with Crippen molar-refractivity contribution in [3.63, 3.8) is 0 Å². The Morgan fingerprint density at radius 2 is 1.76 bits per heavy atom. The van der Waals surface area contributed by atoms with E-state index in [2.05, 4.69) is 59.1 Å². The van der Waals surface area contributed by atoms with E-state index in [4.69, 9.17) is 0 Å². The van der Waals surface area contributed by atoms with Crippen LogP contribution in [0.5, 0.6) is 0 Å². The number of thiol groups is 1. The van der Waals surface area contributed by atoms with E-state index in [1.807, 2.05) is 0 Å². The molecule has 102 valence electrons. The molecule has 1 heterocycles. The van der Waals surface area contributed by atoms with Gasteiger partial charge < -0.3 is 4.90 Å². The summed E-state index contributed by atoms with van der Waals surface area (Å²) in [5.41, 5.74) is 0.842. The minimum atomic E-state index is 0.377. The average Bonchev–Trinajstić information content (AvgIpc) is 2.59. The first-order chi connectivity index (χ1) is 7.64. The SMILES string of the molecule is CC(C)(C)C(CS)CN1CCC(C(C)(C)C)C1. The second kappa shape index (κ2) is 5.52. The molecule has 1 aliphatic rings. The Labute approximate surface area is 114 Å². The van der Waals surface area contributed by atoms with E-state index in [0.717, 1.165) is 11.7 Å². The van der Waals surface area contributed by atoms with Gasteiger partial charge in [0.1, 0.15) is 0 Å². The molecule has 0 bridgehead atoms. The first kappa shape index (κ1) is 15.4. The molecule has 0 radical (unpaired) electrons. The lowest BCUT2D eigenvalue weighted by Gasteiger charge is -2.33. The van der Waals surface area contributed by atoms with Gasteiger partial charge in [0.2, 0.25) is 0 Å². The van der Waals surface area contributed by atoms with Crippen LogP contribution in [0.2, 0.25) is 0 Å². The maximum absolute atomic E-state index is 4.53. The van der Waals surface area contributed by atoms with E-state index in [1.54, 1.807) is 0 Å². The highest BCUT2D eigenvalue weighted by Gasteiger charge is 2.34. The van der Waals surface area contributed by atoms with Crippen LogP contribution in [0.15, 0.2) is 0 Å². The maximum atomic E-state index is 4.53.